The van der Waals surface area contributed by atoms with Crippen LogP contribution in [0.4, 0.5) is 10.1 Å². The largest absolute Gasteiger partial charge is 0.381 e. The van der Waals surface area contributed by atoms with Crippen molar-refractivity contribution in [2.45, 2.75) is 6.54 Å². The molecule has 0 unspecified atom stereocenters. The summed E-state index contributed by atoms with van der Waals surface area (Å²) in [6, 6.07) is 4.52. The van der Waals surface area contributed by atoms with Crippen LogP contribution in [-0.2, 0) is 6.54 Å². The minimum Gasteiger partial charge on any atom is -0.381 e. The van der Waals surface area contributed by atoms with Gasteiger partial charge in [-0.1, -0.05) is 18.2 Å². The molecule has 1 aromatic heterocycles. The van der Waals surface area contributed by atoms with Gasteiger partial charge in [-0.25, -0.2) is 9.07 Å². The molecule has 17 heavy (non-hydrogen) atoms. The summed E-state index contributed by atoms with van der Waals surface area (Å²) in [4.78, 5) is 0. The molecule has 0 aliphatic rings. The number of nitrogens with one attached hydrogen (secondary N) is 1. The molecule has 3 nitrogen and oxygen atoms in total. The molecule has 0 radical (unpaired) electrons. The predicted molar refractivity (Wildman–Crippen MR) is 67.4 cm³/mol. The fourth-order valence-electron chi connectivity index (χ4n) is 1.38. The molecule has 1 heterocycles. The lowest BCUT2D eigenvalue weighted by Crippen LogP contribution is -1.98. The van der Waals surface area contributed by atoms with Gasteiger partial charge < -0.3 is 5.32 Å². The molecule has 0 aliphatic carbocycles. The molecule has 0 saturated carbocycles. The Balaban J connectivity index is 2.01. The predicted octanol–water partition coefficient (Wildman–Crippen LogP) is 3.39. The van der Waals surface area contributed by atoms with E-state index < -0.39 is 5.82 Å². The van der Waals surface area contributed by atoms with Crippen LogP contribution in [0.1, 0.15) is 5.56 Å². The lowest BCUT2D eigenvalue weighted by Gasteiger charge is -2.05. The molecule has 0 spiro atoms. The van der Waals surface area contributed by atoms with Gasteiger partial charge in [0.05, 0.1) is 11.2 Å². The van der Waals surface area contributed by atoms with Crippen molar-refractivity contribution in [3.63, 3.8) is 0 Å². The van der Waals surface area contributed by atoms with Crippen molar-refractivity contribution >= 4 is 23.5 Å². The number of anilines is 1. The van der Waals surface area contributed by atoms with Crippen LogP contribution in [-0.4, -0.2) is 9.78 Å². The highest BCUT2D eigenvalue weighted by Gasteiger charge is 2.01. The zero-order valence-corrected chi connectivity index (χ0v) is 9.78. The van der Waals surface area contributed by atoms with E-state index in [2.05, 4.69) is 17.0 Å². The van der Waals surface area contributed by atoms with Crippen molar-refractivity contribution in [2.24, 2.45) is 0 Å². The first-order valence-electron chi connectivity index (χ1n) is 5.03. The van der Waals surface area contributed by atoms with Gasteiger partial charge in [0, 0.05) is 30.2 Å². The van der Waals surface area contributed by atoms with E-state index in [4.69, 9.17) is 11.6 Å². The topological polar surface area (TPSA) is 29.9 Å². The maximum absolute atomic E-state index is 12.9. The Labute approximate surface area is 104 Å². The van der Waals surface area contributed by atoms with Crippen LogP contribution in [0.3, 0.4) is 0 Å². The number of hydrogen-bond acceptors (Lipinski definition) is 2. The quantitative estimate of drug-likeness (QED) is 0.903. The van der Waals surface area contributed by atoms with Gasteiger partial charge in [-0.15, -0.1) is 0 Å². The van der Waals surface area contributed by atoms with E-state index in [1.807, 2.05) is 6.20 Å². The Hall–Kier alpha value is -1.81. The summed E-state index contributed by atoms with van der Waals surface area (Å²) in [6.07, 6.45) is 5.20. The molecule has 1 N–H and O–H groups in total. The minimum absolute atomic E-state index is 0.108. The smallest absolute Gasteiger partial charge is 0.141 e. The second-order valence-electron chi connectivity index (χ2n) is 3.49. The van der Waals surface area contributed by atoms with E-state index in [1.54, 1.807) is 29.2 Å². The van der Waals surface area contributed by atoms with Gasteiger partial charge in [0.1, 0.15) is 5.82 Å². The first-order valence-corrected chi connectivity index (χ1v) is 5.41. The highest BCUT2D eigenvalue weighted by molar-refractivity contribution is 6.31. The summed E-state index contributed by atoms with van der Waals surface area (Å²) in [5, 5.41) is 7.29. The first kappa shape index (κ1) is 11.7. The summed E-state index contributed by atoms with van der Waals surface area (Å²) in [5.74, 6) is -0.420. The summed E-state index contributed by atoms with van der Waals surface area (Å²) in [6.45, 7) is 4.20. The van der Waals surface area contributed by atoms with Gasteiger partial charge in [-0.2, -0.15) is 5.10 Å². The van der Waals surface area contributed by atoms with Crippen LogP contribution < -0.4 is 5.32 Å². The lowest BCUT2D eigenvalue weighted by molar-refractivity contribution is 0.628. The highest BCUT2D eigenvalue weighted by Crippen LogP contribution is 2.19. The van der Waals surface area contributed by atoms with Crippen molar-refractivity contribution in [1.29, 1.82) is 0 Å². The molecular formula is C12H11ClFN3. The minimum atomic E-state index is -0.420. The summed E-state index contributed by atoms with van der Waals surface area (Å²) >= 11 is 5.68. The molecule has 88 valence electrons. The van der Waals surface area contributed by atoms with Gasteiger partial charge in [0.25, 0.3) is 0 Å². The Morgan fingerprint density at radius 1 is 1.53 bits per heavy atom. The number of hydrogen-bond donors (Lipinski definition) is 1. The van der Waals surface area contributed by atoms with Gasteiger partial charge >= 0.3 is 0 Å². The standard InChI is InChI=1S/C12H11ClFN3/c1-2-17-8-9(7-16-17)6-15-10-3-4-12(14)11(13)5-10/h2-5,7-8,15H,1,6H2. The molecule has 5 heteroatoms. The molecule has 2 rings (SSSR count). The second kappa shape index (κ2) is 5.01. The third kappa shape index (κ3) is 2.85. The van der Waals surface area contributed by atoms with Crippen LogP contribution in [0.25, 0.3) is 6.20 Å². The van der Waals surface area contributed by atoms with E-state index in [9.17, 15) is 4.39 Å². The van der Waals surface area contributed by atoms with Crippen LogP contribution in [0.5, 0.6) is 0 Å². The average molecular weight is 252 g/mol. The first-order chi connectivity index (χ1) is 8.19. The Bertz CT molecular complexity index is 536. The SMILES string of the molecule is C=Cn1cc(CNc2ccc(F)c(Cl)c2)cn1. The van der Waals surface area contributed by atoms with Crippen LogP contribution in [0.2, 0.25) is 5.02 Å². The molecular weight excluding hydrogens is 241 g/mol. The molecule has 0 bridgehead atoms. The summed E-state index contributed by atoms with van der Waals surface area (Å²) < 4.78 is 14.5. The van der Waals surface area contributed by atoms with E-state index in [1.165, 1.54) is 6.07 Å². The molecule has 0 amide bonds. The van der Waals surface area contributed by atoms with Crippen molar-refractivity contribution in [3.8, 4) is 0 Å². The maximum Gasteiger partial charge on any atom is 0.141 e. The Morgan fingerprint density at radius 2 is 2.35 bits per heavy atom. The van der Waals surface area contributed by atoms with Crippen molar-refractivity contribution in [3.05, 3.63) is 53.6 Å². The molecule has 0 fully saturated rings. The highest BCUT2D eigenvalue weighted by atomic mass is 35.5. The number of rotatable bonds is 4. The average Bonchev–Trinajstić information content (AvgIpc) is 2.79. The van der Waals surface area contributed by atoms with Crippen LogP contribution in [0, 0.1) is 5.82 Å². The Morgan fingerprint density at radius 3 is 3.00 bits per heavy atom. The van der Waals surface area contributed by atoms with E-state index >= 15 is 0 Å². The van der Waals surface area contributed by atoms with E-state index in [0.29, 0.717) is 6.54 Å². The number of benzene rings is 1. The summed E-state index contributed by atoms with van der Waals surface area (Å²) in [5.41, 5.74) is 1.77. The third-order valence-corrected chi connectivity index (χ3v) is 2.55. The van der Waals surface area contributed by atoms with Crippen molar-refractivity contribution < 1.29 is 4.39 Å². The van der Waals surface area contributed by atoms with Gasteiger partial charge in [-0.3, -0.25) is 0 Å². The molecule has 2 aromatic rings. The fraction of sp³-hybridized carbons (Fsp3) is 0.0833. The molecule has 0 atom stereocenters. The number of aromatic nitrogens is 2. The second-order valence-corrected chi connectivity index (χ2v) is 3.90. The van der Waals surface area contributed by atoms with Crippen LogP contribution >= 0.6 is 11.6 Å². The summed E-state index contributed by atoms with van der Waals surface area (Å²) in [7, 11) is 0. The Kier molecular flexibility index (Phi) is 3.44. The van der Waals surface area contributed by atoms with Crippen LogP contribution in [0.15, 0.2) is 37.2 Å². The van der Waals surface area contributed by atoms with Gasteiger partial charge in [0.2, 0.25) is 0 Å². The van der Waals surface area contributed by atoms with Crippen molar-refractivity contribution in [2.75, 3.05) is 5.32 Å². The monoisotopic (exact) mass is 251 g/mol. The van der Waals surface area contributed by atoms with Crippen molar-refractivity contribution in [1.82, 2.24) is 9.78 Å². The molecule has 1 aromatic carbocycles. The zero-order valence-electron chi connectivity index (χ0n) is 9.03. The van der Waals surface area contributed by atoms with Gasteiger partial charge in [0.15, 0.2) is 0 Å². The van der Waals surface area contributed by atoms with Gasteiger partial charge in [-0.05, 0) is 18.2 Å². The zero-order chi connectivity index (χ0) is 12.3. The number of nitrogens with zero attached hydrogens (tertiary/aromatic N) is 2. The maximum atomic E-state index is 12.9. The van der Waals surface area contributed by atoms with E-state index in [0.717, 1.165) is 11.3 Å². The van der Waals surface area contributed by atoms with E-state index in [-0.39, 0.29) is 5.02 Å². The number of halogens is 2. The molecule has 0 saturated heterocycles. The lowest BCUT2D eigenvalue weighted by atomic mass is 10.3. The molecule has 0 aliphatic heterocycles. The fourth-order valence-corrected chi connectivity index (χ4v) is 1.56. The third-order valence-electron chi connectivity index (χ3n) is 2.26. The normalized spacial score (nSPS) is 10.2.